The minimum Gasteiger partial charge on any atom is -0.481 e. The van der Waals surface area contributed by atoms with Crippen molar-refractivity contribution < 1.29 is 24.2 Å². The Morgan fingerprint density at radius 2 is 2.14 bits per heavy atom. The van der Waals surface area contributed by atoms with E-state index in [4.69, 9.17) is 9.84 Å². The van der Waals surface area contributed by atoms with Crippen molar-refractivity contribution in [2.75, 3.05) is 26.7 Å². The largest absolute Gasteiger partial charge is 0.481 e. The van der Waals surface area contributed by atoms with Crippen LogP contribution in [0.15, 0.2) is 0 Å². The normalized spacial score (nSPS) is 27.9. The first-order chi connectivity index (χ1) is 9.99. The van der Waals surface area contributed by atoms with Crippen molar-refractivity contribution in [3.05, 3.63) is 0 Å². The molecule has 2 fully saturated rings. The fourth-order valence-electron chi connectivity index (χ4n) is 3.54. The molecule has 1 saturated carbocycles. The number of nitrogens with zero attached hydrogens (tertiary/aromatic N) is 1. The van der Waals surface area contributed by atoms with E-state index in [1.807, 2.05) is 0 Å². The second-order valence-corrected chi connectivity index (χ2v) is 5.85. The van der Waals surface area contributed by atoms with Gasteiger partial charge < -0.3 is 20.1 Å². The average Bonchev–Trinajstić information content (AvgIpc) is 2.86. The molecule has 0 unspecified atom stereocenters. The molecule has 1 saturated heterocycles. The number of fused-ring (bicyclic) bond motifs is 1. The monoisotopic (exact) mass is 298 g/mol. The molecular weight excluding hydrogens is 276 g/mol. The van der Waals surface area contributed by atoms with E-state index in [1.165, 1.54) is 7.11 Å². The molecule has 7 nitrogen and oxygen atoms in total. The summed E-state index contributed by atoms with van der Waals surface area (Å²) in [6.07, 6.45) is 3.61. The highest BCUT2D eigenvalue weighted by Gasteiger charge is 2.54. The summed E-state index contributed by atoms with van der Waals surface area (Å²) < 4.78 is 4.96. The molecule has 2 aliphatic rings. The average molecular weight is 298 g/mol. The maximum Gasteiger partial charge on any atom is 0.317 e. The van der Waals surface area contributed by atoms with E-state index in [1.54, 1.807) is 4.90 Å². The van der Waals surface area contributed by atoms with Crippen LogP contribution >= 0.6 is 0 Å². The van der Waals surface area contributed by atoms with Gasteiger partial charge in [-0.3, -0.25) is 9.59 Å². The molecule has 21 heavy (non-hydrogen) atoms. The lowest BCUT2D eigenvalue weighted by molar-refractivity contribution is -0.156. The zero-order valence-corrected chi connectivity index (χ0v) is 12.3. The quantitative estimate of drug-likeness (QED) is 0.750. The summed E-state index contributed by atoms with van der Waals surface area (Å²) >= 11 is 0. The fraction of sp³-hybridized carbons (Fsp3) is 0.786. The van der Waals surface area contributed by atoms with Crippen LogP contribution in [0, 0.1) is 11.3 Å². The fourth-order valence-corrected chi connectivity index (χ4v) is 3.54. The van der Waals surface area contributed by atoms with Crippen molar-refractivity contribution >= 4 is 18.0 Å². The van der Waals surface area contributed by atoms with Crippen LogP contribution in [0.2, 0.25) is 0 Å². The Labute approximate surface area is 123 Å². The van der Waals surface area contributed by atoms with Crippen LogP contribution in [0.25, 0.3) is 0 Å². The van der Waals surface area contributed by atoms with Gasteiger partial charge in [0.1, 0.15) is 0 Å². The SMILES string of the molecule is COC(=O)[C@@]12CCCC[C@@H]1CN(C(=O)NCCC(=O)O)C2. The van der Waals surface area contributed by atoms with Gasteiger partial charge in [0.25, 0.3) is 0 Å². The molecule has 1 aliphatic heterocycles. The van der Waals surface area contributed by atoms with Crippen LogP contribution < -0.4 is 5.32 Å². The Morgan fingerprint density at radius 1 is 1.38 bits per heavy atom. The molecule has 2 amide bonds. The minimum absolute atomic E-state index is 0.0978. The lowest BCUT2D eigenvalue weighted by Crippen LogP contribution is -2.44. The van der Waals surface area contributed by atoms with Gasteiger partial charge in [-0.05, 0) is 18.8 Å². The zero-order valence-electron chi connectivity index (χ0n) is 12.3. The number of rotatable bonds is 4. The number of amides is 2. The number of likely N-dealkylation sites (tertiary alicyclic amines) is 1. The molecule has 2 rings (SSSR count). The molecule has 0 aromatic carbocycles. The van der Waals surface area contributed by atoms with E-state index in [9.17, 15) is 14.4 Å². The van der Waals surface area contributed by atoms with Gasteiger partial charge in [0.05, 0.1) is 18.9 Å². The lowest BCUT2D eigenvalue weighted by atomic mass is 9.68. The van der Waals surface area contributed by atoms with Gasteiger partial charge in [0, 0.05) is 19.6 Å². The Balaban J connectivity index is 2.00. The number of carbonyl (C=O) groups excluding carboxylic acids is 2. The summed E-state index contributed by atoms with van der Waals surface area (Å²) in [6.45, 7) is 0.998. The van der Waals surface area contributed by atoms with Crippen LogP contribution in [0.5, 0.6) is 0 Å². The number of nitrogens with one attached hydrogen (secondary N) is 1. The van der Waals surface area contributed by atoms with Crippen molar-refractivity contribution in [3.63, 3.8) is 0 Å². The predicted molar refractivity (Wildman–Crippen MR) is 73.6 cm³/mol. The first-order valence-electron chi connectivity index (χ1n) is 7.32. The minimum atomic E-state index is -0.948. The molecular formula is C14H22N2O5. The van der Waals surface area contributed by atoms with Crippen molar-refractivity contribution in [1.82, 2.24) is 10.2 Å². The number of urea groups is 1. The summed E-state index contributed by atoms with van der Waals surface area (Å²) in [5.74, 6) is -1.03. The third kappa shape index (κ3) is 3.11. The molecule has 0 spiro atoms. The van der Waals surface area contributed by atoms with Gasteiger partial charge in [-0.2, -0.15) is 0 Å². The van der Waals surface area contributed by atoms with Crippen LogP contribution in [0.1, 0.15) is 32.1 Å². The molecule has 118 valence electrons. The zero-order chi connectivity index (χ0) is 15.5. The number of hydrogen-bond acceptors (Lipinski definition) is 4. The number of esters is 1. The Kier molecular flexibility index (Phi) is 4.69. The molecule has 0 aromatic heterocycles. The van der Waals surface area contributed by atoms with Crippen molar-refractivity contribution in [2.24, 2.45) is 11.3 Å². The van der Waals surface area contributed by atoms with E-state index in [0.29, 0.717) is 13.1 Å². The summed E-state index contributed by atoms with van der Waals surface area (Å²) in [6, 6.07) is -0.297. The number of ether oxygens (including phenoxy) is 1. The van der Waals surface area contributed by atoms with Crippen LogP contribution in [-0.4, -0.2) is 54.7 Å². The number of carboxylic acid groups (broad SMARTS) is 1. The van der Waals surface area contributed by atoms with E-state index in [-0.39, 0.29) is 30.9 Å². The van der Waals surface area contributed by atoms with E-state index >= 15 is 0 Å². The Morgan fingerprint density at radius 3 is 2.81 bits per heavy atom. The molecule has 2 N–H and O–H groups in total. The van der Waals surface area contributed by atoms with Crippen molar-refractivity contribution in [3.8, 4) is 0 Å². The number of hydrogen-bond donors (Lipinski definition) is 2. The van der Waals surface area contributed by atoms with Crippen LogP contribution in [-0.2, 0) is 14.3 Å². The molecule has 0 bridgehead atoms. The topological polar surface area (TPSA) is 95.9 Å². The first-order valence-corrected chi connectivity index (χ1v) is 7.32. The van der Waals surface area contributed by atoms with E-state index < -0.39 is 11.4 Å². The van der Waals surface area contributed by atoms with E-state index in [2.05, 4.69) is 5.32 Å². The van der Waals surface area contributed by atoms with Crippen LogP contribution in [0.4, 0.5) is 4.79 Å². The summed E-state index contributed by atoms with van der Waals surface area (Å²) in [7, 11) is 1.39. The summed E-state index contributed by atoms with van der Waals surface area (Å²) in [5.41, 5.74) is -0.572. The Bertz CT molecular complexity index is 439. The molecule has 1 heterocycles. The maximum atomic E-state index is 12.2. The molecule has 1 aliphatic carbocycles. The third-order valence-electron chi connectivity index (χ3n) is 4.61. The van der Waals surface area contributed by atoms with Gasteiger partial charge in [0.2, 0.25) is 0 Å². The molecule has 7 heteroatoms. The first kappa shape index (κ1) is 15.6. The van der Waals surface area contributed by atoms with Crippen molar-refractivity contribution in [2.45, 2.75) is 32.1 Å². The maximum absolute atomic E-state index is 12.2. The smallest absolute Gasteiger partial charge is 0.317 e. The van der Waals surface area contributed by atoms with E-state index in [0.717, 1.165) is 25.7 Å². The van der Waals surface area contributed by atoms with Gasteiger partial charge >= 0.3 is 18.0 Å². The highest BCUT2D eigenvalue weighted by atomic mass is 16.5. The third-order valence-corrected chi connectivity index (χ3v) is 4.61. The van der Waals surface area contributed by atoms with Crippen molar-refractivity contribution in [1.29, 1.82) is 0 Å². The Hall–Kier alpha value is -1.79. The predicted octanol–water partition coefficient (Wildman–Crippen LogP) is 0.836. The summed E-state index contributed by atoms with van der Waals surface area (Å²) in [4.78, 5) is 36.4. The highest BCUT2D eigenvalue weighted by molar-refractivity contribution is 5.81. The van der Waals surface area contributed by atoms with Gasteiger partial charge in [-0.25, -0.2) is 4.79 Å². The molecule has 0 aromatic rings. The van der Waals surface area contributed by atoms with Gasteiger partial charge in [-0.15, -0.1) is 0 Å². The van der Waals surface area contributed by atoms with Gasteiger partial charge in [-0.1, -0.05) is 12.8 Å². The van der Waals surface area contributed by atoms with Crippen LogP contribution in [0.3, 0.4) is 0 Å². The lowest BCUT2D eigenvalue weighted by Gasteiger charge is -2.35. The van der Waals surface area contributed by atoms with Gasteiger partial charge in [0.15, 0.2) is 0 Å². The number of aliphatic carboxylic acids is 1. The second-order valence-electron chi connectivity index (χ2n) is 5.85. The number of methoxy groups -OCH3 is 1. The summed E-state index contributed by atoms with van der Waals surface area (Å²) in [5, 5.41) is 11.2. The molecule has 0 radical (unpaired) electrons. The standard InChI is InChI=1S/C14H22N2O5/c1-21-12(19)14-6-3-2-4-10(14)8-16(9-14)13(20)15-7-5-11(17)18/h10H,2-9H2,1H3,(H,15,20)(H,17,18)/t10-,14-/m1/s1. The highest BCUT2D eigenvalue weighted by Crippen LogP contribution is 2.47. The molecule has 2 atom stereocenters. The second kappa shape index (κ2) is 6.32. The number of carboxylic acids is 1. The number of carbonyl (C=O) groups is 3.